The number of hydrogen-bond acceptors (Lipinski definition) is 9. The second-order valence-corrected chi connectivity index (χ2v) is 15.7. The number of ether oxygens (including phenoxy) is 3. The van der Waals surface area contributed by atoms with E-state index in [1.165, 1.54) is 23.5 Å². The van der Waals surface area contributed by atoms with E-state index in [9.17, 15) is 14.4 Å². The Kier molecular flexibility index (Phi) is 11.1. The molecule has 10 nitrogen and oxygen atoms in total. The average molecular weight is 705 g/mol. The van der Waals surface area contributed by atoms with Crippen molar-refractivity contribution in [1.29, 1.82) is 0 Å². The van der Waals surface area contributed by atoms with Crippen molar-refractivity contribution >= 4 is 39.5 Å². The highest BCUT2D eigenvalue weighted by atomic mass is 32.1. The molecule has 4 aromatic rings. The van der Waals surface area contributed by atoms with Crippen molar-refractivity contribution in [2.24, 2.45) is 5.92 Å². The number of carbonyl (C=O) groups is 3. The van der Waals surface area contributed by atoms with Crippen LogP contribution in [-0.2, 0) is 27.2 Å². The number of rotatable bonds is 11. The number of hydrogen-bond donors (Lipinski definition) is 0. The summed E-state index contributed by atoms with van der Waals surface area (Å²) in [5.41, 5.74) is 1.72. The van der Waals surface area contributed by atoms with Gasteiger partial charge >= 0.3 is 12.2 Å². The third-order valence-corrected chi connectivity index (χ3v) is 8.88. The first-order valence-corrected chi connectivity index (χ1v) is 17.7. The molecule has 4 heterocycles. The third-order valence-electron chi connectivity index (χ3n) is 7.71. The molecule has 0 bridgehead atoms. The molecular formula is C38H45FN4O6S. The van der Waals surface area contributed by atoms with Gasteiger partial charge in [0.2, 0.25) is 0 Å². The molecule has 266 valence electrons. The Labute approximate surface area is 296 Å². The van der Waals surface area contributed by atoms with Gasteiger partial charge in [0.1, 0.15) is 22.7 Å². The molecule has 0 saturated carbocycles. The maximum Gasteiger partial charge on any atom is 0.410 e. The van der Waals surface area contributed by atoms with Crippen LogP contribution in [0.5, 0.6) is 11.5 Å². The maximum absolute atomic E-state index is 15.2. The predicted octanol–water partition coefficient (Wildman–Crippen LogP) is 8.81. The van der Waals surface area contributed by atoms with Crippen molar-refractivity contribution in [2.45, 2.75) is 85.5 Å². The molecule has 0 N–H and O–H groups in total. The lowest BCUT2D eigenvalue weighted by molar-refractivity contribution is -0.120. The number of likely N-dealkylation sites (tertiary alicyclic amines) is 1. The van der Waals surface area contributed by atoms with Crippen molar-refractivity contribution < 1.29 is 33.0 Å². The number of carbonyl (C=O) groups excluding carboxylic acids is 3. The van der Waals surface area contributed by atoms with E-state index < -0.39 is 17.0 Å². The fourth-order valence-corrected chi connectivity index (χ4v) is 6.53. The molecule has 0 radical (unpaired) electrons. The molecule has 50 heavy (non-hydrogen) atoms. The van der Waals surface area contributed by atoms with Gasteiger partial charge in [0.05, 0.1) is 27.3 Å². The summed E-state index contributed by atoms with van der Waals surface area (Å²) in [4.78, 5) is 50.8. The minimum absolute atomic E-state index is 0.0168. The van der Waals surface area contributed by atoms with Gasteiger partial charge in [-0.05, 0) is 83.4 Å². The highest BCUT2D eigenvalue weighted by Gasteiger charge is 2.34. The van der Waals surface area contributed by atoms with Gasteiger partial charge in [0.25, 0.3) is 0 Å². The van der Waals surface area contributed by atoms with Crippen LogP contribution in [0.4, 0.5) is 14.0 Å². The molecule has 5 rings (SSSR count). The fraction of sp³-hybridized carbons (Fsp3) is 0.447. The normalized spacial score (nSPS) is 13.6. The molecule has 12 heteroatoms. The van der Waals surface area contributed by atoms with Crippen LogP contribution in [-0.4, -0.2) is 68.6 Å². The summed E-state index contributed by atoms with van der Waals surface area (Å²) < 4.78 is 32.9. The van der Waals surface area contributed by atoms with E-state index in [0.29, 0.717) is 49.4 Å². The van der Waals surface area contributed by atoms with E-state index in [-0.39, 0.29) is 36.1 Å². The summed E-state index contributed by atoms with van der Waals surface area (Å²) in [7, 11) is 0. The van der Waals surface area contributed by atoms with Crippen molar-refractivity contribution in [3.8, 4) is 22.1 Å². The van der Waals surface area contributed by atoms with Crippen molar-refractivity contribution in [3.63, 3.8) is 0 Å². The van der Waals surface area contributed by atoms with Crippen LogP contribution in [0.1, 0.15) is 72.4 Å². The molecular weight excluding hydrogens is 660 g/mol. The Morgan fingerprint density at radius 1 is 0.940 bits per heavy atom. The fourth-order valence-electron chi connectivity index (χ4n) is 5.49. The molecule has 0 aliphatic carbocycles. The highest BCUT2D eigenvalue weighted by Crippen LogP contribution is 2.39. The summed E-state index contributed by atoms with van der Waals surface area (Å²) >= 11 is 1.44. The second-order valence-electron chi connectivity index (χ2n) is 14.6. The highest BCUT2D eigenvalue weighted by molar-refractivity contribution is 7.22. The van der Waals surface area contributed by atoms with Gasteiger partial charge in [-0.15, -0.1) is 11.3 Å². The number of amides is 2. The van der Waals surface area contributed by atoms with Crippen LogP contribution in [0.15, 0.2) is 54.9 Å². The van der Waals surface area contributed by atoms with Crippen LogP contribution in [0, 0.1) is 11.7 Å². The van der Waals surface area contributed by atoms with Crippen molar-refractivity contribution in [2.75, 3.05) is 19.6 Å². The number of aromatic nitrogens is 2. The van der Waals surface area contributed by atoms with Gasteiger partial charge in [-0.3, -0.25) is 14.8 Å². The SMILES string of the molecule is CCCN(Cc1ccc(-c2cc3nccc(Oc4ccc(CC(=O)CC5CN(C(=O)OC(C)(C)C)C5)cc4F)c3s2)nc1)C(=O)OC(C)(C)C. The zero-order chi connectivity index (χ0) is 36.2. The summed E-state index contributed by atoms with van der Waals surface area (Å²) in [6.07, 6.45) is 3.85. The number of ketones is 1. The minimum atomic E-state index is -0.578. The van der Waals surface area contributed by atoms with Gasteiger partial charge in [-0.25, -0.2) is 14.0 Å². The summed E-state index contributed by atoms with van der Waals surface area (Å²) in [5.74, 6) is -0.0208. The molecule has 3 aromatic heterocycles. The van der Waals surface area contributed by atoms with Gasteiger partial charge < -0.3 is 24.0 Å². The Morgan fingerprint density at radius 3 is 2.30 bits per heavy atom. The summed E-state index contributed by atoms with van der Waals surface area (Å²) in [5, 5.41) is 0. The average Bonchev–Trinajstić information content (AvgIpc) is 3.44. The quantitative estimate of drug-likeness (QED) is 0.152. The lowest BCUT2D eigenvalue weighted by Gasteiger charge is -2.39. The van der Waals surface area contributed by atoms with E-state index in [2.05, 4.69) is 9.97 Å². The largest absolute Gasteiger partial charge is 0.453 e. The van der Waals surface area contributed by atoms with Crippen LogP contribution >= 0.6 is 11.3 Å². The Hall–Kier alpha value is -4.58. The topological polar surface area (TPSA) is 111 Å². The van der Waals surface area contributed by atoms with E-state index in [4.69, 9.17) is 14.2 Å². The smallest absolute Gasteiger partial charge is 0.410 e. The third kappa shape index (κ3) is 9.77. The molecule has 0 unspecified atom stereocenters. The number of benzene rings is 1. The number of halogens is 1. The lowest BCUT2D eigenvalue weighted by Crippen LogP contribution is -2.52. The second kappa shape index (κ2) is 15.1. The van der Waals surface area contributed by atoms with Crippen LogP contribution in [0.2, 0.25) is 0 Å². The van der Waals surface area contributed by atoms with Gasteiger partial charge in [-0.2, -0.15) is 0 Å². The molecule has 1 fully saturated rings. The van der Waals surface area contributed by atoms with Gasteiger partial charge in [0.15, 0.2) is 11.6 Å². The van der Waals surface area contributed by atoms with E-state index in [1.54, 1.807) is 34.3 Å². The van der Waals surface area contributed by atoms with Crippen LogP contribution in [0.3, 0.4) is 0 Å². The molecule has 1 saturated heterocycles. The van der Waals surface area contributed by atoms with Crippen LogP contribution < -0.4 is 4.74 Å². The molecule has 0 atom stereocenters. The molecule has 1 aromatic carbocycles. The van der Waals surface area contributed by atoms with Crippen molar-refractivity contribution in [1.82, 2.24) is 19.8 Å². The lowest BCUT2D eigenvalue weighted by atomic mass is 9.92. The van der Waals surface area contributed by atoms with E-state index in [0.717, 1.165) is 27.3 Å². The summed E-state index contributed by atoms with van der Waals surface area (Å²) in [6.45, 7) is 14.9. The monoisotopic (exact) mass is 704 g/mol. The zero-order valence-corrected chi connectivity index (χ0v) is 30.6. The molecule has 1 aliphatic rings. The number of pyridine rings is 2. The first-order chi connectivity index (χ1) is 23.6. The Balaban J connectivity index is 1.20. The molecule has 0 spiro atoms. The Morgan fingerprint density at radius 2 is 1.66 bits per heavy atom. The number of nitrogens with zero attached hydrogens (tertiary/aromatic N) is 4. The number of thiophene rings is 1. The van der Waals surface area contributed by atoms with Crippen molar-refractivity contribution in [3.05, 3.63) is 71.8 Å². The van der Waals surface area contributed by atoms with Gasteiger partial charge in [-0.1, -0.05) is 19.1 Å². The standard InChI is InChI=1S/C38H45FN4O6S/c1-8-15-42(35(45)48-37(2,3)4)21-25-9-11-29(41-20-25)33-19-30-34(50-33)32(13-14-40-30)47-31-12-10-24(18-28(31)39)16-27(44)17-26-22-43(23-26)36(46)49-38(5,6)7/h9-14,18-20,26H,8,15-17,21-23H2,1-7H3. The van der Waals surface area contributed by atoms with Crippen LogP contribution in [0.25, 0.3) is 20.8 Å². The summed E-state index contributed by atoms with van der Waals surface area (Å²) in [6, 6.07) is 12.0. The Bertz CT molecular complexity index is 1840. The van der Waals surface area contributed by atoms with Gasteiger partial charge in [0, 0.05) is 56.9 Å². The first-order valence-electron chi connectivity index (χ1n) is 16.8. The zero-order valence-electron chi connectivity index (χ0n) is 29.7. The van der Waals surface area contributed by atoms with E-state index in [1.807, 2.05) is 66.7 Å². The minimum Gasteiger partial charge on any atom is -0.453 e. The molecule has 2 amide bonds. The number of fused-ring (bicyclic) bond motifs is 1. The molecule has 1 aliphatic heterocycles. The maximum atomic E-state index is 15.2. The van der Waals surface area contributed by atoms with E-state index >= 15 is 4.39 Å². The predicted molar refractivity (Wildman–Crippen MR) is 191 cm³/mol. The number of Topliss-reactive ketones (excluding diaryl/α,β-unsaturated/α-hetero) is 1. The first kappa shape index (κ1) is 36.7.